The van der Waals surface area contributed by atoms with Gasteiger partial charge in [-0.2, -0.15) is 0 Å². The van der Waals surface area contributed by atoms with Gasteiger partial charge in [0.05, 0.1) is 11.3 Å². The Balaban J connectivity index is 2.33. The number of primary amides is 1. The lowest BCUT2D eigenvalue weighted by molar-refractivity contribution is -0.148. The Labute approximate surface area is 126 Å². The number of rotatable bonds is 7. The van der Waals surface area contributed by atoms with Crippen LogP contribution in [0.25, 0.3) is 0 Å². The lowest BCUT2D eigenvalue weighted by atomic mass is 10.4. The van der Waals surface area contributed by atoms with Gasteiger partial charge in [0.15, 0.2) is 6.61 Å². The highest BCUT2D eigenvalue weighted by Crippen LogP contribution is 2.06. The molecule has 0 fully saturated rings. The third kappa shape index (κ3) is 6.33. The van der Waals surface area contributed by atoms with Crippen LogP contribution in [-0.4, -0.2) is 39.5 Å². The first-order valence-corrected chi connectivity index (χ1v) is 7.59. The number of esters is 1. The van der Waals surface area contributed by atoms with Crippen LogP contribution in [0, 0.1) is 0 Å². The van der Waals surface area contributed by atoms with Crippen molar-refractivity contribution in [3.8, 4) is 0 Å². The summed E-state index contributed by atoms with van der Waals surface area (Å²) >= 11 is 0. The van der Waals surface area contributed by atoms with Crippen molar-refractivity contribution in [2.45, 2.75) is 11.3 Å². The number of sulfonamides is 1. The van der Waals surface area contributed by atoms with Crippen molar-refractivity contribution >= 4 is 27.9 Å². The van der Waals surface area contributed by atoms with Gasteiger partial charge < -0.3 is 10.5 Å². The molecule has 1 aromatic rings. The predicted octanol–water partition coefficient (Wildman–Crippen LogP) is -0.907. The van der Waals surface area contributed by atoms with Crippen LogP contribution in [0.4, 0.5) is 4.79 Å². The van der Waals surface area contributed by atoms with E-state index in [2.05, 4.69) is 9.46 Å². The van der Waals surface area contributed by atoms with E-state index in [-0.39, 0.29) is 17.9 Å². The minimum Gasteiger partial charge on any atom is -0.456 e. The molecule has 0 bridgehead atoms. The van der Waals surface area contributed by atoms with Crippen LogP contribution in [0.15, 0.2) is 35.2 Å². The van der Waals surface area contributed by atoms with E-state index in [1.807, 2.05) is 0 Å². The number of nitrogens with one attached hydrogen (secondary N) is 2. The fourth-order valence-corrected chi connectivity index (χ4v) is 2.42. The molecular formula is C12H15N3O6S. The molecule has 0 aliphatic heterocycles. The number of amides is 3. The number of carbonyl (C=O) groups excluding carboxylic acids is 3. The van der Waals surface area contributed by atoms with Crippen molar-refractivity contribution in [1.29, 1.82) is 0 Å². The SMILES string of the molecule is NC(=O)NC(=O)COC(=O)CCNS(=O)(=O)c1ccccc1. The summed E-state index contributed by atoms with van der Waals surface area (Å²) in [5, 5.41) is 1.71. The van der Waals surface area contributed by atoms with Gasteiger partial charge in [0.1, 0.15) is 0 Å². The van der Waals surface area contributed by atoms with Crippen molar-refractivity contribution < 1.29 is 27.5 Å². The second kappa shape index (κ2) is 8.10. The van der Waals surface area contributed by atoms with E-state index in [1.165, 1.54) is 12.1 Å². The maximum absolute atomic E-state index is 11.8. The lowest BCUT2D eigenvalue weighted by Crippen LogP contribution is -2.38. The quantitative estimate of drug-likeness (QED) is 0.552. The molecule has 3 amide bonds. The molecule has 0 spiro atoms. The number of carbonyl (C=O) groups is 3. The predicted molar refractivity (Wildman–Crippen MR) is 74.9 cm³/mol. The molecule has 120 valence electrons. The van der Waals surface area contributed by atoms with Gasteiger partial charge in [-0.1, -0.05) is 18.2 Å². The van der Waals surface area contributed by atoms with Gasteiger partial charge in [0.2, 0.25) is 10.0 Å². The van der Waals surface area contributed by atoms with Gasteiger partial charge in [-0.05, 0) is 12.1 Å². The molecule has 4 N–H and O–H groups in total. The Morgan fingerprint density at radius 1 is 1.14 bits per heavy atom. The molecular weight excluding hydrogens is 314 g/mol. The summed E-state index contributed by atoms with van der Waals surface area (Å²) in [6.45, 7) is -0.860. The number of hydrogen-bond acceptors (Lipinski definition) is 6. The van der Waals surface area contributed by atoms with Crippen LogP contribution in [0.3, 0.4) is 0 Å². The maximum Gasteiger partial charge on any atom is 0.318 e. The first-order chi connectivity index (χ1) is 10.3. The summed E-state index contributed by atoms with van der Waals surface area (Å²) < 4.78 is 30.4. The number of benzene rings is 1. The van der Waals surface area contributed by atoms with E-state index in [1.54, 1.807) is 23.5 Å². The molecule has 0 aromatic heterocycles. The second-order valence-electron chi connectivity index (χ2n) is 4.03. The molecule has 1 rings (SSSR count). The van der Waals surface area contributed by atoms with Gasteiger partial charge in [-0.25, -0.2) is 17.9 Å². The van der Waals surface area contributed by atoms with E-state index in [9.17, 15) is 22.8 Å². The van der Waals surface area contributed by atoms with Gasteiger partial charge in [0.25, 0.3) is 5.91 Å². The van der Waals surface area contributed by atoms with Crippen molar-refractivity contribution in [3.05, 3.63) is 30.3 Å². The molecule has 9 nitrogen and oxygen atoms in total. The van der Waals surface area contributed by atoms with Gasteiger partial charge in [-0.3, -0.25) is 14.9 Å². The topological polar surface area (TPSA) is 145 Å². The van der Waals surface area contributed by atoms with Crippen molar-refractivity contribution in [2.75, 3.05) is 13.2 Å². The number of nitrogens with two attached hydrogens (primary N) is 1. The van der Waals surface area contributed by atoms with E-state index < -0.39 is 34.5 Å². The Kier molecular flexibility index (Phi) is 6.47. The van der Waals surface area contributed by atoms with Crippen molar-refractivity contribution in [2.24, 2.45) is 5.73 Å². The largest absolute Gasteiger partial charge is 0.456 e. The minimum absolute atomic E-state index is 0.0733. The number of ether oxygens (including phenoxy) is 1. The zero-order chi connectivity index (χ0) is 16.6. The van der Waals surface area contributed by atoms with E-state index >= 15 is 0 Å². The lowest BCUT2D eigenvalue weighted by Gasteiger charge is -2.07. The first kappa shape index (κ1) is 17.6. The number of hydrogen-bond donors (Lipinski definition) is 3. The van der Waals surface area contributed by atoms with Crippen molar-refractivity contribution in [1.82, 2.24) is 10.0 Å². The van der Waals surface area contributed by atoms with Crippen LogP contribution >= 0.6 is 0 Å². The summed E-state index contributed by atoms with van der Waals surface area (Å²) in [7, 11) is -3.70. The average Bonchev–Trinajstić information content (AvgIpc) is 2.45. The Morgan fingerprint density at radius 2 is 1.77 bits per heavy atom. The summed E-state index contributed by atoms with van der Waals surface area (Å²) in [5.74, 6) is -1.67. The van der Waals surface area contributed by atoms with Gasteiger partial charge >= 0.3 is 12.0 Å². The van der Waals surface area contributed by atoms with Gasteiger partial charge in [-0.15, -0.1) is 0 Å². The summed E-state index contributed by atoms with van der Waals surface area (Å²) in [4.78, 5) is 32.7. The molecule has 0 saturated carbocycles. The first-order valence-electron chi connectivity index (χ1n) is 6.11. The molecule has 1 aromatic carbocycles. The van der Waals surface area contributed by atoms with Crippen LogP contribution < -0.4 is 15.8 Å². The van der Waals surface area contributed by atoms with E-state index in [0.29, 0.717) is 0 Å². The summed E-state index contributed by atoms with van der Waals surface area (Å²) in [6, 6.07) is 6.58. The highest BCUT2D eigenvalue weighted by Gasteiger charge is 2.14. The van der Waals surface area contributed by atoms with Crippen molar-refractivity contribution in [3.63, 3.8) is 0 Å². The van der Waals surface area contributed by atoms with E-state index in [4.69, 9.17) is 5.73 Å². The standard InChI is InChI=1S/C12H15N3O6S/c13-12(18)15-10(16)8-21-11(17)6-7-14-22(19,20)9-4-2-1-3-5-9/h1-5,14H,6-8H2,(H3,13,15,16,18). The zero-order valence-electron chi connectivity index (χ0n) is 11.4. The highest BCUT2D eigenvalue weighted by atomic mass is 32.2. The summed E-state index contributed by atoms with van der Waals surface area (Å²) in [5.41, 5.74) is 4.70. The van der Waals surface area contributed by atoms with Crippen LogP contribution in [0.5, 0.6) is 0 Å². The fourth-order valence-electron chi connectivity index (χ4n) is 1.36. The normalized spacial score (nSPS) is 10.7. The maximum atomic E-state index is 11.8. The third-order valence-electron chi connectivity index (χ3n) is 2.30. The number of urea groups is 1. The second-order valence-corrected chi connectivity index (χ2v) is 5.80. The molecule has 0 radical (unpaired) electrons. The van der Waals surface area contributed by atoms with Crippen LogP contribution in [-0.2, 0) is 24.3 Å². The molecule has 0 heterocycles. The molecule has 0 atom stereocenters. The molecule has 22 heavy (non-hydrogen) atoms. The smallest absolute Gasteiger partial charge is 0.318 e. The minimum atomic E-state index is -3.70. The molecule has 0 aliphatic carbocycles. The molecule has 0 aliphatic rings. The Morgan fingerprint density at radius 3 is 2.36 bits per heavy atom. The van der Waals surface area contributed by atoms with Crippen LogP contribution in [0.2, 0.25) is 0 Å². The molecule has 10 heteroatoms. The zero-order valence-corrected chi connectivity index (χ0v) is 12.3. The monoisotopic (exact) mass is 329 g/mol. The highest BCUT2D eigenvalue weighted by molar-refractivity contribution is 7.89. The molecule has 0 saturated heterocycles. The number of imide groups is 1. The van der Waals surface area contributed by atoms with Crippen LogP contribution in [0.1, 0.15) is 6.42 Å². The Hall–Kier alpha value is -2.46. The Bertz CT molecular complexity index is 644. The van der Waals surface area contributed by atoms with E-state index in [0.717, 1.165) is 0 Å². The van der Waals surface area contributed by atoms with Gasteiger partial charge in [0, 0.05) is 6.54 Å². The summed E-state index contributed by atoms with van der Waals surface area (Å²) in [6.07, 6.45) is -0.268. The average molecular weight is 329 g/mol. The molecule has 0 unspecified atom stereocenters. The fraction of sp³-hybridized carbons (Fsp3) is 0.250. The third-order valence-corrected chi connectivity index (χ3v) is 3.78.